The molecular weight excluding hydrogens is 497 g/mol. The molecule has 2 N–H and O–H groups in total. The van der Waals surface area contributed by atoms with E-state index in [1.54, 1.807) is 42.5 Å². The molecule has 0 saturated heterocycles. The largest absolute Gasteiger partial charge is 0.497 e. The van der Waals surface area contributed by atoms with E-state index in [1.165, 1.54) is 38.6 Å². The quantitative estimate of drug-likeness (QED) is 0.159. The lowest BCUT2D eigenvalue weighted by Crippen LogP contribution is -2.32. The molecule has 11 heteroatoms. The van der Waals surface area contributed by atoms with Crippen molar-refractivity contribution < 1.29 is 28.6 Å². The van der Waals surface area contributed by atoms with Crippen LogP contribution in [-0.4, -0.2) is 38.2 Å². The molecule has 0 bridgehead atoms. The molecule has 0 spiro atoms. The van der Waals surface area contributed by atoms with E-state index < -0.39 is 17.8 Å². The van der Waals surface area contributed by atoms with E-state index in [4.69, 9.17) is 37.4 Å². The lowest BCUT2D eigenvalue weighted by molar-refractivity contribution is -0.136. The molecule has 0 heterocycles. The summed E-state index contributed by atoms with van der Waals surface area (Å²) in [4.78, 5) is 36.5. The van der Waals surface area contributed by atoms with Gasteiger partial charge in [0.15, 0.2) is 11.5 Å². The maximum absolute atomic E-state index is 12.4. The maximum Gasteiger partial charge on any atom is 0.343 e. The zero-order chi connectivity index (χ0) is 25.4. The number of esters is 1. The Balaban J connectivity index is 1.61. The van der Waals surface area contributed by atoms with E-state index in [-0.39, 0.29) is 27.2 Å². The minimum Gasteiger partial charge on any atom is -0.497 e. The van der Waals surface area contributed by atoms with Gasteiger partial charge in [0.2, 0.25) is 0 Å². The minimum absolute atomic E-state index is 0.110. The second-order valence-electron chi connectivity index (χ2n) is 6.78. The van der Waals surface area contributed by atoms with Gasteiger partial charge < -0.3 is 19.5 Å². The molecule has 0 radical (unpaired) electrons. The summed E-state index contributed by atoms with van der Waals surface area (Å²) in [5, 5.41) is 6.44. The van der Waals surface area contributed by atoms with Gasteiger partial charge in [0.1, 0.15) is 5.75 Å². The number of anilines is 1. The highest BCUT2D eigenvalue weighted by molar-refractivity contribution is 6.45. The van der Waals surface area contributed by atoms with Crippen molar-refractivity contribution in [3.63, 3.8) is 0 Å². The van der Waals surface area contributed by atoms with Crippen LogP contribution in [0.5, 0.6) is 17.2 Å². The van der Waals surface area contributed by atoms with Crippen LogP contribution in [-0.2, 0) is 9.59 Å². The Bertz CT molecular complexity index is 1280. The van der Waals surface area contributed by atoms with Crippen LogP contribution in [0.25, 0.3) is 0 Å². The van der Waals surface area contributed by atoms with Crippen LogP contribution in [0.3, 0.4) is 0 Å². The Morgan fingerprint density at radius 2 is 1.63 bits per heavy atom. The first-order chi connectivity index (χ1) is 16.8. The van der Waals surface area contributed by atoms with Crippen LogP contribution in [0.15, 0.2) is 65.8 Å². The number of hydrogen-bond donors (Lipinski definition) is 2. The second-order valence-corrected chi connectivity index (χ2v) is 7.57. The number of benzene rings is 3. The van der Waals surface area contributed by atoms with Crippen molar-refractivity contribution >= 4 is 52.9 Å². The number of carbonyl (C=O) groups is 3. The Morgan fingerprint density at radius 1 is 0.886 bits per heavy atom. The monoisotopic (exact) mass is 515 g/mol. The lowest BCUT2D eigenvalue weighted by Gasteiger charge is -2.10. The topological polar surface area (TPSA) is 115 Å². The molecule has 0 unspecified atom stereocenters. The first-order valence-electron chi connectivity index (χ1n) is 9.95. The van der Waals surface area contributed by atoms with Gasteiger partial charge >= 0.3 is 17.8 Å². The SMILES string of the molecule is COc1ccc(C(=O)Oc2ccc(/C=N/NC(=O)C(=O)Nc3cccc(Cl)c3Cl)cc2OC)cc1. The first kappa shape index (κ1) is 25.5. The molecule has 0 fully saturated rings. The predicted molar refractivity (Wildman–Crippen MR) is 132 cm³/mol. The summed E-state index contributed by atoms with van der Waals surface area (Å²) in [6.07, 6.45) is 1.29. The fourth-order valence-electron chi connectivity index (χ4n) is 2.73. The molecule has 0 aliphatic heterocycles. The normalized spacial score (nSPS) is 10.5. The van der Waals surface area contributed by atoms with Crippen LogP contribution in [0.1, 0.15) is 15.9 Å². The number of nitrogens with one attached hydrogen (secondary N) is 2. The summed E-state index contributed by atoms with van der Waals surface area (Å²) in [5.74, 6) is -1.52. The molecule has 3 rings (SSSR count). The van der Waals surface area contributed by atoms with Crippen molar-refractivity contribution in [1.82, 2.24) is 5.43 Å². The number of nitrogens with zero attached hydrogens (tertiary/aromatic N) is 1. The third-order valence-electron chi connectivity index (χ3n) is 4.50. The smallest absolute Gasteiger partial charge is 0.343 e. The van der Waals surface area contributed by atoms with Gasteiger partial charge in [0.25, 0.3) is 0 Å². The number of ether oxygens (including phenoxy) is 3. The zero-order valence-corrected chi connectivity index (χ0v) is 20.0. The third-order valence-corrected chi connectivity index (χ3v) is 5.32. The van der Waals surface area contributed by atoms with Crippen molar-refractivity contribution in [2.24, 2.45) is 5.10 Å². The van der Waals surface area contributed by atoms with E-state index in [1.807, 2.05) is 0 Å². The number of halogens is 2. The molecule has 0 aliphatic rings. The van der Waals surface area contributed by atoms with Crippen LogP contribution in [0.2, 0.25) is 10.0 Å². The molecule has 0 aliphatic carbocycles. The molecule has 0 aromatic heterocycles. The first-order valence-corrected chi connectivity index (χ1v) is 10.7. The molecule has 35 heavy (non-hydrogen) atoms. The Morgan fingerprint density at radius 3 is 2.31 bits per heavy atom. The molecule has 0 atom stereocenters. The predicted octanol–water partition coefficient (Wildman–Crippen LogP) is 4.32. The standard InChI is InChI=1S/C24H19Cl2N3O6/c1-33-16-9-7-15(8-10-16)24(32)35-19-11-6-14(12-20(19)34-2)13-27-29-23(31)22(30)28-18-5-3-4-17(25)21(18)26/h3-13H,1-2H3,(H,28,30)(H,29,31)/b27-13+. The second kappa shape index (κ2) is 11.9. The van der Waals surface area contributed by atoms with Crippen LogP contribution >= 0.6 is 23.2 Å². The summed E-state index contributed by atoms with van der Waals surface area (Å²) in [6.45, 7) is 0. The van der Waals surface area contributed by atoms with E-state index in [9.17, 15) is 14.4 Å². The number of carbonyl (C=O) groups excluding carboxylic acids is 3. The third kappa shape index (κ3) is 6.72. The van der Waals surface area contributed by atoms with Gasteiger partial charge in [0.05, 0.1) is 41.7 Å². The van der Waals surface area contributed by atoms with Crippen LogP contribution in [0, 0.1) is 0 Å². The van der Waals surface area contributed by atoms with E-state index >= 15 is 0 Å². The van der Waals surface area contributed by atoms with Crippen molar-refractivity contribution in [2.45, 2.75) is 0 Å². The Hall–Kier alpha value is -4.08. The molecule has 2 amide bonds. The summed E-state index contributed by atoms with van der Waals surface area (Å²) < 4.78 is 15.8. The number of hydrogen-bond acceptors (Lipinski definition) is 7. The molecule has 0 saturated carbocycles. The summed E-state index contributed by atoms with van der Waals surface area (Å²) in [6, 6.07) is 15.7. The van der Waals surface area contributed by atoms with Crippen LogP contribution < -0.4 is 25.0 Å². The van der Waals surface area contributed by atoms with Crippen molar-refractivity contribution in [3.05, 3.63) is 81.8 Å². The molecule has 9 nitrogen and oxygen atoms in total. The number of amides is 2. The Labute approximate surface area is 210 Å². The highest BCUT2D eigenvalue weighted by Crippen LogP contribution is 2.30. The van der Waals surface area contributed by atoms with Gasteiger partial charge in [-0.05, 0) is 60.2 Å². The van der Waals surface area contributed by atoms with Gasteiger partial charge in [-0.25, -0.2) is 10.2 Å². The van der Waals surface area contributed by atoms with Gasteiger partial charge in [0, 0.05) is 0 Å². The van der Waals surface area contributed by atoms with Gasteiger partial charge in [-0.2, -0.15) is 5.10 Å². The van der Waals surface area contributed by atoms with Crippen molar-refractivity contribution in [3.8, 4) is 17.2 Å². The summed E-state index contributed by atoms with van der Waals surface area (Å²) in [7, 11) is 2.94. The molecular formula is C24H19Cl2N3O6. The molecule has 180 valence electrons. The van der Waals surface area contributed by atoms with Gasteiger partial charge in [-0.1, -0.05) is 29.3 Å². The maximum atomic E-state index is 12.4. The Kier molecular flexibility index (Phi) is 8.66. The van der Waals surface area contributed by atoms with Crippen molar-refractivity contribution in [1.29, 1.82) is 0 Å². The zero-order valence-electron chi connectivity index (χ0n) is 18.5. The van der Waals surface area contributed by atoms with Gasteiger partial charge in [-0.15, -0.1) is 0 Å². The highest BCUT2D eigenvalue weighted by Gasteiger charge is 2.16. The van der Waals surface area contributed by atoms with E-state index in [2.05, 4.69) is 15.8 Å². The fraction of sp³-hybridized carbons (Fsp3) is 0.0833. The minimum atomic E-state index is -1.02. The number of methoxy groups -OCH3 is 2. The average Bonchev–Trinajstić information content (AvgIpc) is 2.87. The van der Waals surface area contributed by atoms with E-state index in [0.717, 1.165) is 0 Å². The average molecular weight is 516 g/mol. The molecule has 3 aromatic carbocycles. The number of rotatable bonds is 7. The number of hydrazone groups is 1. The summed E-state index contributed by atoms with van der Waals surface area (Å²) >= 11 is 11.9. The van der Waals surface area contributed by atoms with Gasteiger partial charge in [-0.3, -0.25) is 9.59 Å². The fourth-order valence-corrected chi connectivity index (χ4v) is 3.08. The van der Waals surface area contributed by atoms with Crippen LogP contribution in [0.4, 0.5) is 5.69 Å². The highest BCUT2D eigenvalue weighted by atomic mass is 35.5. The lowest BCUT2D eigenvalue weighted by atomic mass is 10.2. The van der Waals surface area contributed by atoms with E-state index in [0.29, 0.717) is 16.9 Å². The molecule has 3 aromatic rings. The summed E-state index contributed by atoms with van der Waals surface area (Å²) in [5.41, 5.74) is 3.13. The van der Waals surface area contributed by atoms with Crippen molar-refractivity contribution in [2.75, 3.05) is 19.5 Å².